The Bertz CT molecular complexity index is 565. The van der Waals surface area contributed by atoms with E-state index in [4.69, 9.17) is 10.00 Å². The van der Waals surface area contributed by atoms with E-state index in [1.165, 1.54) is 83.5 Å². The number of Topliss-reactive ketones (excluding diaryl/α,β-unsaturated/α-hetero) is 1. The van der Waals surface area contributed by atoms with E-state index in [1.54, 1.807) is 12.1 Å². The van der Waals surface area contributed by atoms with Crippen LogP contribution in [0.15, 0.2) is 24.3 Å². The van der Waals surface area contributed by atoms with Gasteiger partial charge in [-0.3, -0.25) is 4.79 Å². The zero-order valence-corrected chi connectivity index (χ0v) is 19.1. The van der Waals surface area contributed by atoms with Crippen molar-refractivity contribution in [2.75, 3.05) is 12.4 Å². The number of carbonyl (C=O) groups is 1. The summed E-state index contributed by atoms with van der Waals surface area (Å²) in [7, 11) is 0. The largest absolute Gasteiger partial charge is 0.494 e. The van der Waals surface area contributed by atoms with E-state index in [-0.39, 0.29) is 11.5 Å². The molecular weight excluding hydrogens is 378 g/mol. The third kappa shape index (κ3) is 14.2. The molecule has 0 aliphatic carbocycles. The summed E-state index contributed by atoms with van der Waals surface area (Å²) in [4.78, 5) is 11.8. The molecule has 0 saturated carbocycles. The highest BCUT2D eigenvalue weighted by Crippen LogP contribution is 2.16. The third-order valence-electron chi connectivity index (χ3n) is 5.21. The molecular formula is C25H39NO2S. The van der Waals surface area contributed by atoms with Crippen molar-refractivity contribution < 1.29 is 9.53 Å². The molecule has 0 aromatic heterocycles. The lowest BCUT2D eigenvalue weighted by atomic mass is 10.0. The van der Waals surface area contributed by atoms with Crippen LogP contribution in [0, 0.1) is 10.7 Å². The van der Waals surface area contributed by atoms with Gasteiger partial charge in [0, 0.05) is 5.56 Å². The Morgan fingerprint density at radius 1 is 0.828 bits per heavy atom. The number of benzene rings is 1. The average molecular weight is 418 g/mol. The van der Waals surface area contributed by atoms with Gasteiger partial charge in [-0.2, -0.15) is 5.26 Å². The quantitative estimate of drug-likeness (QED) is 0.130. The van der Waals surface area contributed by atoms with Gasteiger partial charge in [-0.25, -0.2) is 0 Å². The lowest BCUT2D eigenvalue weighted by Gasteiger charge is -2.07. The van der Waals surface area contributed by atoms with Crippen LogP contribution in [0.25, 0.3) is 0 Å². The Hall–Kier alpha value is -1.47. The number of nitriles is 1. The molecule has 162 valence electrons. The van der Waals surface area contributed by atoms with Crippen LogP contribution in [0.3, 0.4) is 0 Å². The normalized spacial score (nSPS) is 10.6. The van der Waals surface area contributed by atoms with Crippen LogP contribution in [0.5, 0.6) is 5.75 Å². The zero-order chi connectivity index (χ0) is 21.0. The molecule has 0 spiro atoms. The van der Waals surface area contributed by atoms with Crippen LogP contribution in [-0.2, 0) is 0 Å². The average Bonchev–Trinajstić information content (AvgIpc) is 2.75. The van der Waals surface area contributed by atoms with Crippen molar-refractivity contribution >= 4 is 17.5 Å². The van der Waals surface area contributed by atoms with E-state index in [0.29, 0.717) is 5.56 Å². The first-order valence-corrected chi connectivity index (χ1v) is 12.5. The van der Waals surface area contributed by atoms with Crippen molar-refractivity contribution in [3.63, 3.8) is 0 Å². The Balaban J connectivity index is 1.91. The highest BCUT2D eigenvalue weighted by Gasteiger charge is 2.06. The Labute approximate surface area is 182 Å². The van der Waals surface area contributed by atoms with Crippen LogP contribution >= 0.6 is 11.8 Å². The molecule has 0 heterocycles. The first-order valence-electron chi connectivity index (χ1n) is 11.5. The topological polar surface area (TPSA) is 50.1 Å². The molecule has 0 aliphatic heterocycles. The van der Waals surface area contributed by atoms with Crippen molar-refractivity contribution in [2.24, 2.45) is 0 Å². The molecule has 0 fully saturated rings. The number of thiocyanates is 1. The molecule has 0 radical (unpaired) electrons. The lowest BCUT2D eigenvalue weighted by Crippen LogP contribution is -2.02. The summed E-state index contributed by atoms with van der Waals surface area (Å²) in [6.45, 7) is 3.01. The fourth-order valence-electron chi connectivity index (χ4n) is 3.40. The van der Waals surface area contributed by atoms with Crippen LogP contribution in [-0.4, -0.2) is 18.1 Å². The summed E-state index contributed by atoms with van der Waals surface area (Å²) in [5, 5.41) is 10.4. The minimum atomic E-state index is -0.0185. The number of ketones is 1. The highest BCUT2D eigenvalue weighted by molar-refractivity contribution is 8.04. The number of ether oxygens (including phenoxy) is 1. The molecule has 0 aliphatic rings. The first-order chi connectivity index (χ1) is 14.3. The smallest absolute Gasteiger partial charge is 0.173 e. The fraction of sp³-hybridized carbons (Fsp3) is 0.680. The van der Waals surface area contributed by atoms with Crippen LogP contribution in [0.4, 0.5) is 0 Å². The minimum Gasteiger partial charge on any atom is -0.494 e. The van der Waals surface area contributed by atoms with Gasteiger partial charge in [-0.05, 0) is 42.4 Å². The molecule has 1 rings (SSSR count). The van der Waals surface area contributed by atoms with E-state index >= 15 is 0 Å². The van der Waals surface area contributed by atoms with Gasteiger partial charge in [0.25, 0.3) is 0 Å². The van der Waals surface area contributed by atoms with Crippen LogP contribution in [0.1, 0.15) is 107 Å². The minimum absolute atomic E-state index is 0.0185. The maximum Gasteiger partial charge on any atom is 0.173 e. The molecule has 1 aromatic carbocycles. The monoisotopic (exact) mass is 417 g/mol. The molecule has 0 N–H and O–H groups in total. The predicted molar refractivity (Wildman–Crippen MR) is 125 cm³/mol. The van der Waals surface area contributed by atoms with Gasteiger partial charge in [0.1, 0.15) is 11.2 Å². The summed E-state index contributed by atoms with van der Waals surface area (Å²) < 4.78 is 5.76. The van der Waals surface area contributed by atoms with Gasteiger partial charge < -0.3 is 4.74 Å². The predicted octanol–water partition coefficient (Wildman–Crippen LogP) is 7.94. The summed E-state index contributed by atoms with van der Waals surface area (Å²) >= 11 is 0.973. The summed E-state index contributed by atoms with van der Waals surface area (Å²) in [5.74, 6) is 0.995. The molecule has 1 aromatic rings. The van der Waals surface area contributed by atoms with Gasteiger partial charge in [0.05, 0.1) is 12.4 Å². The van der Waals surface area contributed by atoms with E-state index < -0.39 is 0 Å². The second-order valence-electron chi connectivity index (χ2n) is 7.77. The van der Waals surface area contributed by atoms with Crippen molar-refractivity contribution in [3.05, 3.63) is 29.8 Å². The van der Waals surface area contributed by atoms with Crippen molar-refractivity contribution in [3.8, 4) is 11.2 Å². The Morgan fingerprint density at radius 2 is 1.31 bits per heavy atom. The zero-order valence-electron chi connectivity index (χ0n) is 18.3. The van der Waals surface area contributed by atoms with Gasteiger partial charge in [-0.15, -0.1) is 0 Å². The molecule has 0 amide bonds. The van der Waals surface area contributed by atoms with Gasteiger partial charge in [0.15, 0.2) is 5.78 Å². The summed E-state index contributed by atoms with van der Waals surface area (Å²) in [5.41, 5.74) is 0.636. The van der Waals surface area contributed by atoms with Crippen molar-refractivity contribution in [1.82, 2.24) is 0 Å². The number of nitrogens with zero attached hydrogens (tertiary/aromatic N) is 1. The maximum absolute atomic E-state index is 11.8. The molecule has 0 bridgehead atoms. The second kappa shape index (κ2) is 18.6. The molecule has 3 nitrogen and oxygen atoms in total. The van der Waals surface area contributed by atoms with Gasteiger partial charge >= 0.3 is 0 Å². The summed E-state index contributed by atoms with van der Waals surface area (Å²) in [6.07, 6.45) is 19.0. The standard InChI is InChI=1S/C25H39NO2S/c1-2-3-4-5-6-7-8-9-10-11-12-13-14-15-20-28-24-18-16-23(17-19-24)25(27)21-29-22-26/h16-19H,2-15,20-21H2,1H3. The van der Waals surface area contributed by atoms with Crippen molar-refractivity contribution in [1.29, 1.82) is 5.26 Å². The SMILES string of the molecule is CCCCCCCCCCCCCCCCOc1ccc(C(=O)CSC#N)cc1. The molecule has 0 atom stereocenters. The molecule has 0 unspecified atom stereocenters. The first kappa shape index (κ1) is 25.6. The second-order valence-corrected chi connectivity index (χ2v) is 8.53. The van der Waals surface area contributed by atoms with E-state index in [9.17, 15) is 4.79 Å². The Kier molecular flexibility index (Phi) is 16.4. The lowest BCUT2D eigenvalue weighted by molar-refractivity contribution is 0.102. The Morgan fingerprint density at radius 3 is 1.79 bits per heavy atom. The maximum atomic E-state index is 11.8. The number of carbonyl (C=O) groups excluding carboxylic acids is 1. The van der Waals surface area contributed by atoms with E-state index in [0.717, 1.165) is 30.5 Å². The summed E-state index contributed by atoms with van der Waals surface area (Å²) in [6, 6.07) is 7.24. The fourth-order valence-corrected chi connectivity index (χ4v) is 3.77. The number of rotatable bonds is 19. The van der Waals surface area contributed by atoms with E-state index in [2.05, 4.69) is 6.92 Å². The van der Waals surface area contributed by atoms with Crippen LogP contribution < -0.4 is 4.74 Å². The number of hydrogen-bond donors (Lipinski definition) is 0. The molecule has 29 heavy (non-hydrogen) atoms. The number of thioether (sulfide) groups is 1. The van der Waals surface area contributed by atoms with Gasteiger partial charge in [0.2, 0.25) is 0 Å². The van der Waals surface area contributed by atoms with Gasteiger partial charge in [-0.1, -0.05) is 90.4 Å². The van der Waals surface area contributed by atoms with Crippen molar-refractivity contribution in [2.45, 2.75) is 96.8 Å². The molecule has 0 saturated heterocycles. The third-order valence-corrected chi connectivity index (χ3v) is 5.75. The number of hydrogen-bond acceptors (Lipinski definition) is 4. The number of unbranched alkanes of at least 4 members (excludes halogenated alkanes) is 13. The highest BCUT2D eigenvalue weighted by atomic mass is 32.2. The van der Waals surface area contributed by atoms with Crippen LogP contribution in [0.2, 0.25) is 0 Å². The van der Waals surface area contributed by atoms with E-state index in [1.807, 2.05) is 17.5 Å². The molecule has 4 heteroatoms.